The molecule has 1 aromatic rings. The molecule has 0 spiro atoms. The topological polar surface area (TPSA) is 83.8 Å². The maximum Gasteiger partial charge on any atom is 0.324 e. The zero-order valence-corrected chi connectivity index (χ0v) is 11.9. The van der Waals surface area contributed by atoms with Crippen molar-refractivity contribution >= 4 is 28.2 Å². The van der Waals surface area contributed by atoms with Crippen LogP contribution >= 0.6 is 11.3 Å². The summed E-state index contributed by atoms with van der Waals surface area (Å²) in [6.07, 6.45) is 0.463. The lowest BCUT2D eigenvalue weighted by molar-refractivity contribution is -0.380. The van der Waals surface area contributed by atoms with Gasteiger partial charge >= 0.3 is 5.00 Å². The van der Waals surface area contributed by atoms with Crippen LogP contribution in [0.3, 0.4) is 0 Å². The molecule has 0 bridgehead atoms. The highest BCUT2D eigenvalue weighted by Gasteiger charge is 2.26. The van der Waals surface area contributed by atoms with E-state index in [9.17, 15) is 19.7 Å². The number of hydrogen-bond donors (Lipinski definition) is 0. The Morgan fingerprint density at radius 3 is 2.35 bits per heavy atom. The van der Waals surface area contributed by atoms with Gasteiger partial charge < -0.3 is 9.80 Å². The smallest absolute Gasteiger partial charge is 0.324 e. The average Bonchev–Trinajstić information content (AvgIpc) is 2.96. The first kappa shape index (κ1) is 14.4. The lowest BCUT2D eigenvalue weighted by atomic mass is 10.2. The van der Waals surface area contributed by atoms with Crippen molar-refractivity contribution in [3.8, 4) is 0 Å². The molecule has 1 aliphatic heterocycles. The normalized spacial score (nSPS) is 15.2. The third kappa shape index (κ3) is 2.96. The number of rotatable bonds is 3. The molecule has 0 N–H and O–H groups in total. The summed E-state index contributed by atoms with van der Waals surface area (Å²) in [6.45, 7) is 3.79. The molecule has 0 unspecified atom stereocenters. The van der Waals surface area contributed by atoms with Crippen LogP contribution in [-0.2, 0) is 4.79 Å². The van der Waals surface area contributed by atoms with Gasteiger partial charge in [-0.15, -0.1) is 0 Å². The summed E-state index contributed by atoms with van der Waals surface area (Å²) in [4.78, 5) is 37.6. The molecule has 0 radical (unpaired) electrons. The first-order valence-electron chi connectivity index (χ1n) is 6.34. The van der Waals surface area contributed by atoms with Crippen molar-refractivity contribution in [2.45, 2.75) is 13.3 Å². The third-order valence-electron chi connectivity index (χ3n) is 3.20. The molecule has 2 amide bonds. The maximum atomic E-state index is 12.2. The van der Waals surface area contributed by atoms with Crippen LogP contribution in [0.1, 0.15) is 23.0 Å². The van der Waals surface area contributed by atoms with Gasteiger partial charge in [-0.25, -0.2) is 0 Å². The van der Waals surface area contributed by atoms with Crippen LogP contribution in [-0.4, -0.2) is 52.7 Å². The van der Waals surface area contributed by atoms with Gasteiger partial charge in [0.1, 0.15) is 0 Å². The minimum Gasteiger partial charge on any atom is -0.339 e. The lowest BCUT2D eigenvalue weighted by Gasteiger charge is -2.34. The maximum absolute atomic E-state index is 12.2. The largest absolute Gasteiger partial charge is 0.339 e. The van der Waals surface area contributed by atoms with Gasteiger partial charge in [-0.1, -0.05) is 18.3 Å². The molecule has 8 heteroatoms. The summed E-state index contributed by atoms with van der Waals surface area (Å²) in [5, 5.41) is 10.6. The average molecular weight is 297 g/mol. The molecule has 1 aromatic heterocycles. The molecule has 0 saturated carbocycles. The highest BCUT2D eigenvalue weighted by atomic mass is 32.1. The Balaban J connectivity index is 1.97. The van der Waals surface area contributed by atoms with Gasteiger partial charge in [0.25, 0.3) is 5.91 Å². The van der Waals surface area contributed by atoms with Crippen LogP contribution in [0.2, 0.25) is 0 Å². The van der Waals surface area contributed by atoms with E-state index in [1.165, 1.54) is 12.1 Å². The van der Waals surface area contributed by atoms with Crippen LogP contribution < -0.4 is 0 Å². The number of carbonyl (C=O) groups excluding carboxylic acids is 2. The molecular formula is C12H15N3O4S. The van der Waals surface area contributed by atoms with Crippen LogP contribution in [0.4, 0.5) is 5.00 Å². The van der Waals surface area contributed by atoms with E-state index in [-0.39, 0.29) is 16.8 Å². The zero-order valence-electron chi connectivity index (χ0n) is 11.1. The fraction of sp³-hybridized carbons (Fsp3) is 0.500. The number of hydrogen-bond acceptors (Lipinski definition) is 5. The van der Waals surface area contributed by atoms with Crippen molar-refractivity contribution in [1.29, 1.82) is 0 Å². The van der Waals surface area contributed by atoms with E-state index < -0.39 is 4.92 Å². The van der Waals surface area contributed by atoms with E-state index >= 15 is 0 Å². The summed E-state index contributed by atoms with van der Waals surface area (Å²) < 4.78 is 0. The molecule has 108 valence electrons. The van der Waals surface area contributed by atoms with Crippen LogP contribution in [0.5, 0.6) is 0 Å². The predicted molar refractivity (Wildman–Crippen MR) is 73.7 cm³/mol. The molecular weight excluding hydrogens is 282 g/mol. The second-order valence-electron chi connectivity index (χ2n) is 4.42. The van der Waals surface area contributed by atoms with Crippen LogP contribution in [0, 0.1) is 10.1 Å². The van der Waals surface area contributed by atoms with Crippen molar-refractivity contribution in [2.24, 2.45) is 0 Å². The van der Waals surface area contributed by atoms with Crippen molar-refractivity contribution in [3.05, 3.63) is 27.1 Å². The number of nitro groups is 1. The molecule has 2 rings (SSSR count). The number of amides is 2. The minimum absolute atomic E-state index is 0.0341. The number of carbonyl (C=O) groups is 2. The minimum atomic E-state index is -0.501. The summed E-state index contributed by atoms with van der Waals surface area (Å²) in [6, 6.07) is 2.82. The molecule has 1 fully saturated rings. The molecule has 1 aliphatic rings. The first-order chi connectivity index (χ1) is 9.52. The van der Waals surface area contributed by atoms with Gasteiger partial charge in [0, 0.05) is 38.7 Å². The Kier molecular flexibility index (Phi) is 4.33. The van der Waals surface area contributed by atoms with E-state index in [2.05, 4.69) is 0 Å². The first-order valence-corrected chi connectivity index (χ1v) is 7.16. The van der Waals surface area contributed by atoms with Crippen molar-refractivity contribution in [2.75, 3.05) is 26.2 Å². The highest BCUT2D eigenvalue weighted by molar-refractivity contribution is 7.17. The third-order valence-corrected chi connectivity index (χ3v) is 4.23. The number of nitrogens with zero attached hydrogens (tertiary/aromatic N) is 3. The Bertz CT molecular complexity index is 535. The van der Waals surface area contributed by atoms with Crippen LogP contribution in [0.25, 0.3) is 0 Å². The van der Waals surface area contributed by atoms with Gasteiger partial charge in [0.05, 0.1) is 9.80 Å². The quantitative estimate of drug-likeness (QED) is 0.622. The van der Waals surface area contributed by atoms with Gasteiger partial charge in [0.15, 0.2) is 0 Å². The Morgan fingerprint density at radius 2 is 1.85 bits per heavy atom. The van der Waals surface area contributed by atoms with Crippen molar-refractivity contribution in [3.63, 3.8) is 0 Å². The van der Waals surface area contributed by atoms with Gasteiger partial charge in [-0.3, -0.25) is 19.7 Å². The predicted octanol–water partition coefficient (Wildman–Crippen LogP) is 1.35. The van der Waals surface area contributed by atoms with E-state index in [1.807, 2.05) is 6.92 Å². The van der Waals surface area contributed by atoms with E-state index in [0.717, 1.165) is 11.3 Å². The van der Waals surface area contributed by atoms with Crippen molar-refractivity contribution < 1.29 is 14.5 Å². The molecule has 0 aliphatic carbocycles. The Hall–Kier alpha value is -1.96. The van der Waals surface area contributed by atoms with Crippen LogP contribution in [0.15, 0.2) is 12.1 Å². The SMILES string of the molecule is CCC(=O)N1CCN(C(=O)c2ccc([N+](=O)[O-])s2)CC1. The Morgan fingerprint density at radius 1 is 1.25 bits per heavy atom. The Labute approximate surface area is 119 Å². The van der Waals surface area contributed by atoms with Gasteiger partial charge in [-0.05, 0) is 6.07 Å². The molecule has 7 nitrogen and oxygen atoms in total. The summed E-state index contributed by atoms with van der Waals surface area (Å²) in [5.74, 6) is -0.115. The van der Waals surface area contributed by atoms with E-state index in [1.54, 1.807) is 9.80 Å². The molecule has 1 saturated heterocycles. The monoisotopic (exact) mass is 297 g/mol. The number of thiophene rings is 1. The van der Waals surface area contributed by atoms with Gasteiger partial charge in [0.2, 0.25) is 5.91 Å². The lowest BCUT2D eigenvalue weighted by Crippen LogP contribution is -2.50. The second kappa shape index (κ2) is 6.00. The van der Waals surface area contributed by atoms with E-state index in [0.29, 0.717) is 37.5 Å². The molecule has 0 atom stereocenters. The summed E-state index contributed by atoms with van der Waals surface area (Å²) in [7, 11) is 0. The molecule has 2 heterocycles. The fourth-order valence-corrected chi connectivity index (χ4v) is 2.87. The molecule has 0 aromatic carbocycles. The highest BCUT2D eigenvalue weighted by Crippen LogP contribution is 2.25. The summed E-state index contributed by atoms with van der Waals surface area (Å²) in [5.41, 5.74) is 0. The second-order valence-corrected chi connectivity index (χ2v) is 5.48. The van der Waals surface area contributed by atoms with E-state index in [4.69, 9.17) is 0 Å². The zero-order chi connectivity index (χ0) is 14.7. The fourth-order valence-electron chi connectivity index (χ4n) is 2.08. The van der Waals surface area contributed by atoms with Gasteiger partial charge in [-0.2, -0.15) is 0 Å². The summed E-state index contributed by atoms with van der Waals surface area (Å²) >= 11 is 0.884. The number of piperazine rings is 1. The molecule has 20 heavy (non-hydrogen) atoms. The standard InChI is InChI=1S/C12H15N3O4S/c1-2-10(16)13-5-7-14(8-6-13)12(17)9-3-4-11(20-9)15(18)19/h3-4H,2,5-8H2,1H3. The van der Waals surface area contributed by atoms with Crippen molar-refractivity contribution in [1.82, 2.24) is 9.80 Å².